The van der Waals surface area contributed by atoms with Crippen LogP contribution in [0.1, 0.15) is 13.3 Å². The predicted molar refractivity (Wildman–Crippen MR) is 101 cm³/mol. The van der Waals surface area contributed by atoms with E-state index in [2.05, 4.69) is 17.2 Å². The number of aliphatic hydroxyl groups is 2. The van der Waals surface area contributed by atoms with Gasteiger partial charge in [-0.2, -0.15) is 0 Å². The number of nitrogens with two attached hydrogens (primary N) is 1. The molecule has 0 saturated heterocycles. The van der Waals surface area contributed by atoms with Crippen LogP contribution in [0.5, 0.6) is 0 Å². The number of alkyl halides is 1. The fraction of sp³-hybridized carbons (Fsp3) is 0.353. The van der Waals surface area contributed by atoms with Gasteiger partial charge in [0.25, 0.3) is 0 Å². The van der Waals surface area contributed by atoms with E-state index in [1.54, 1.807) is 0 Å². The lowest BCUT2D eigenvalue weighted by Gasteiger charge is -2.20. The van der Waals surface area contributed by atoms with Crippen LogP contribution < -0.4 is 16.4 Å². The Kier molecular flexibility index (Phi) is 12.3. The van der Waals surface area contributed by atoms with E-state index >= 15 is 0 Å². The van der Waals surface area contributed by atoms with Gasteiger partial charge in [0.1, 0.15) is 17.4 Å². The molecule has 0 rings (SSSR count). The molecule has 0 amide bonds. The molecular weight excluding hydrogens is 347 g/mol. The lowest BCUT2D eigenvalue weighted by molar-refractivity contribution is 0.243. The van der Waals surface area contributed by atoms with Gasteiger partial charge in [-0.05, 0) is 31.2 Å². The molecule has 0 spiro atoms. The summed E-state index contributed by atoms with van der Waals surface area (Å²) in [5.74, 6) is -0.551. The molecule has 2 unspecified atom stereocenters. The van der Waals surface area contributed by atoms with Crippen LogP contribution in [0.15, 0.2) is 59.9 Å². The Morgan fingerprint density at radius 3 is 2.60 bits per heavy atom. The van der Waals surface area contributed by atoms with Crippen LogP contribution in [0.25, 0.3) is 0 Å². The summed E-state index contributed by atoms with van der Waals surface area (Å²) < 4.78 is 13.2. The van der Waals surface area contributed by atoms with Crippen molar-refractivity contribution >= 4 is 17.8 Å². The molecule has 0 heterocycles. The second kappa shape index (κ2) is 13.4. The number of rotatable bonds is 12. The molecule has 0 aliphatic heterocycles. The van der Waals surface area contributed by atoms with Crippen molar-refractivity contribution in [1.82, 2.24) is 10.6 Å². The summed E-state index contributed by atoms with van der Waals surface area (Å²) in [5, 5.41) is 32.9. The van der Waals surface area contributed by atoms with E-state index < -0.39 is 17.4 Å². The second-order valence-electron chi connectivity index (χ2n) is 4.86. The fourth-order valence-corrected chi connectivity index (χ4v) is 1.85. The third kappa shape index (κ3) is 9.83. The summed E-state index contributed by atoms with van der Waals surface area (Å²) in [4.78, 5) is 0. The molecule has 25 heavy (non-hydrogen) atoms. The van der Waals surface area contributed by atoms with Gasteiger partial charge < -0.3 is 32.0 Å². The topological polar surface area (TPSA) is 114 Å². The Hall–Kier alpha value is -1.93. The molecule has 0 aromatic carbocycles. The van der Waals surface area contributed by atoms with E-state index in [-0.39, 0.29) is 24.3 Å². The number of hydrogen-bond donors (Lipinski definition) is 6. The molecule has 0 fully saturated rings. The first kappa shape index (κ1) is 23.1. The van der Waals surface area contributed by atoms with E-state index in [0.29, 0.717) is 12.2 Å². The molecule has 0 aromatic heterocycles. The van der Waals surface area contributed by atoms with Crippen LogP contribution in [-0.2, 0) is 0 Å². The molecule has 140 valence electrons. The van der Waals surface area contributed by atoms with Gasteiger partial charge >= 0.3 is 0 Å². The standard InChI is InChI=1S/C17H26ClFN4O2/c1-3-13(19)5-6-14(7-8-24)23-15(9-16(18)21)17(25)12(10-20)11-22-4-2/h3,5-6,9-11,16-17,20,22-25H,1,4,7-8,21H2,2H3/b12-11+,13-5+,14-6+,15-9-,20-10?. The number of halogens is 2. The number of nitrogens with one attached hydrogen (secondary N) is 3. The summed E-state index contributed by atoms with van der Waals surface area (Å²) in [6.45, 7) is 5.61. The third-order valence-electron chi connectivity index (χ3n) is 2.91. The molecule has 0 aromatic rings. The number of allylic oxidation sites excluding steroid dienone is 4. The normalized spacial score (nSPS) is 16.2. The van der Waals surface area contributed by atoms with Gasteiger partial charge in [0.15, 0.2) is 0 Å². The van der Waals surface area contributed by atoms with Crippen LogP contribution in [-0.4, -0.2) is 41.2 Å². The maximum absolute atomic E-state index is 13.2. The van der Waals surface area contributed by atoms with Crippen LogP contribution in [0, 0.1) is 5.41 Å². The average Bonchev–Trinajstić information content (AvgIpc) is 2.58. The highest BCUT2D eigenvalue weighted by Crippen LogP contribution is 2.13. The largest absolute Gasteiger partial charge is 0.396 e. The SMILES string of the molecule is C=C/C(F)=C\C=C(/CCO)N/C(=C\C(N)Cl)C(O)/C(C=N)=C/NCC. The third-order valence-corrected chi connectivity index (χ3v) is 3.04. The van der Waals surface area contributed by atoms with Crippen molar-refractivity contribution in [2.45, 2.75) is 24.9 Å². The molecule has 0 radical (unpaired) electrons. The minimum absolute atomic E-state index is 0.180. The molecule has 0 aliphatic rings. The predicted octanol–water partition coefficient (Wildman–Crippen LogP) is 1.79. The van der Waals surface area contributed by atoms with Crippen LogP contribution >= 0.6 is 11.6 Å². The molecule has 0 saturated carbocycles. The zero-order chi connectivity index (χ0) is 19.2. The zero-order valence-corrected chi connectivity index (χ0v) is 14.9. The summed E-state index contributed by atoms with van der Waals surface area (Å²) in [6, 6.07) is 0. The maximum atomic E-state index is 13.2. The molecule has 6 nitrogen and oxygen atoms in total. The molecular formula is C17H26ClFN4O2. The minimum Gasteiger partial charge on any atom is -0.396 e. The van der Waals surface area contributed by atoms with Gasteiger partial charge in [-0.25, -0.2) is 4.39 Å². The molecule has 0 bridgehead atoms. The van der Waals surface area contributed by atoms with Crippen molar-refractivity contribution in [1.29, 1.82) is 5.41 Å². The highest BCUT2D eigenvalue weighted by atomic mass is 35.5. The number of hydrogen-bond acceptors (Lipinski definition) is 6. The summed E-state index contributed by atoms with van der Waals surface area (Å²) in [5.41, 5.74) is 5.58. The van der Waals surface area contributed by atoms with Crippen LogP contribution in [0.4, 0.5) is 4.39 Å². The fourth-order valence-electron chi connectivity index (χ4n) is 1.71. The summed E-state index contributed by atoms with van der Waals surface area (Å²) >= 11 is 5.78. The second-order valence-corrected chi connectivity index (χ2v) is 5.37. The minimum atomic E-state index is -1.21. The Bertz CT molecular complexity index is 557. The lowest BCUT2D eigenvalue weighted by Crippen LogP contribution is -2.29. The Morgan fingerprint density at radius 1 is 1.44 bits per heavy atom. The molecule has 7 N–H and O–H groups in total. The van der Waals surface area contributed by atoms with Crippen molar-refractivity contribution in [3.05, 3.63) is 59.9 Å². The van der Waals surface area contributed by atoms with Crippen molar-refractivity contribution < 1.29 is 14.6 Å². The first-order valence-electron chi connectivity index (χ1n) is 7.69. The first-order valence-corrected chi connectivity index (χ1v) is 8.13. The van der Waals surface area contributed by atoms with E-state index in [0.717, 1.165) is 12.3 Å². The van der Waals surface area contributed by atoms with Gasteiger partial charge in [0.05, 0.1) is 0 Å². The van der Waals surface area contributed by atoms with E-state index in [1.807, 2.05) is 6.92 Å². The van der Waals surface area contributed by atoms with Gasteiger partial charge in [-0.1, -0.05) is 6.58 Å². The monoisotopic (exact) mass is 372 g/mol. The van der Waals surface area contributed by atoms with Gasteiger partial charge in [-0.3, -0.25) is 0 Å². The number of aliphatic hydroxyl groups excluding tert-OH is 2. The highest BCUT2D eigenvalue weighted by Gasteiger charge is 2.17. The van der Waals surface area contributed by atoms with E-state index in [9.17, 15) is 9.50 Å². The van der Waals surface area contributed by atoms with E-state index in [1.165, 1.54) is 24.4 Å². The Balaban J connectivity index is 5.64. The zero-order valence-electron chi connectivity index (χ0n) is 14.2. The molecule has 8 heteroatoms. The van der Waals surface area contributed by atoms with Gasteiger partial charge in [0.2, 0.25) is 0 Å². The molecule has 2 atom stereocenters. The van der Waals surface area contributed by atoms with Crippen molar-refractivity contribution in [2.24, 2.45) is 5.73 Å². The average molecular weight is 373 g/mol. The van der Waals surface area contributed by atoms with Crippen molar-refractivity contribution in [3.8, 4) is 0 Å². The van der Waals surface area contributed by atoms with Gasteiger partial charge in [-0.15, -0.1) is 11.6 Å². The van der Waals surface area contributed by atoms with Crippen LogP contribution in [0.2, 0.25) is 0 Å². The Morgan fingerprint density at radius 2 is 2.12 bits per heavy atom. The van der Waals surface area contributed by atoms with Crippen molar-refractivity contribution in [2.75, 3.05) is 13.2 Å². The highest BCUT2D eigenvalue weighted by molar-refractivity contribution is 6.21. The van der Waals surface area contributed by atoms with E-state index in [4.69, 9.17) is 27.9 Å². The smallest absolute Gasteiger partial charge is 0.122 e. The van der Waals surface area contributed by atoms with Gasteiger partial charge in [0, 0.05) is 49.0 Å². The van der Waals surface area contributed by atoms with Crippen LogP contribution in [0.3, 0.4) is 0 Å². The summed E-state index contributed by atoms with van der Waals surface area (Å²) in [7, 11) is 0. The first-order chi connectivity index (χ1) is 11.9. The quantitative estimate of drug-likeness (QED) is 0.135. The lowest BCUT2D eigenvalue weighted by atomic mass is 10.1. The maximum Gasteiger partial charge on any atom is 0.122 e. The Labute approximate surface area is 152 Å². The molecule has 0 aliphatic carbocycles. The van der Waals surface area contributed by atoms with Crippen molar-refractivity contribution in [3.63, 3.8) is 0 Å². The summed E-state index contributed by atoms with van der Waals surface area (Å²) in [6.07, 6.45) is 6.45.